The average Bonchev–Trinajstić information content (AvgIpc) is 2.35. The van der Waals surface area contributed by atoms with E-state index in [2.05, 4.69) is 0 Å². The fraction of sp³-hybridized carbons (Fsp3) is 0.231. The molecule has 0 saturated heterocycles. The number of phenolic OH excluding ortho intramolecular Hbond substituents is 2. The number of carbonyl (C=O) groups is 1. The van der Waals surface area contributed by atoms with E-state index < -0.39 is 5.91 Å². The predicted octanol–water partition coefficient (Wildman–Crippen LogP) is 0.460. The van der Waals surface area contributed by atoms with Crippen molar-refractivity contribution in [1.82, 2.24) is 4.57 Å². The molecule has 100 valence electrons. The molecule has 0 bridgehead atoms. The van der Waals surface area contributed by atoms with Crippen LogP contribution < -0.4 is 11.2 Å². The Balaban J connectivity index is 2.83. The van der Waals surface area contributed by atoms with Gasteiger partial charge in [-0.15, -0.1) is 0 Å². The van der Waals surface area contributed by atoms with E-state index in [9.17, 15) is 19.8 Å². The SMILES string of the molecule is CCn1cc(CC(N)=O)c(=O)c2cc(O)c(O)cc21. The Bertz CT molecular complexity index is 719. The van der Waals surface area contributed by atoms with Gasteiger partial charge in [-0.1, -0.05) is 0 Å². The number of aromatic hydroxyl groups is 2. The van der Waals surface area contributed by atoms with E-state index in [1.807, 2.05) is 6.92 Å². The van der Waals surface area contributed by atoms with Gasteiger partial charge in [0.15, 0.2) is 16.9 Å². The number of benzene rings is 1. The first kappa shape index (κ1) is 12.9. The molecule has 0 spiro atoms. The third kappa shape index (κ3) is 2.24. The number of nitrogens with two attached hydrogens (primary N) is 1. The lowest BCUT2D eigenvalue weighted by Crippen LogP contribution is -2.21. The number of hydrogen-bond donors (Lipinski definition) is 3. The number of pyridine rings is 1. The minimum atomic E-state index is -0.595. The Morgan fingerprint density at radius 3 is 2.53 bits per heavy atom. The molecule has 6 nitrogen and oxygen atoms in total. The number of primary amides is 1. The number of rotatable bonds is 3. The number of hydrogen-bond acceptors (Lipinski definition) is 4. The molecule has 6 heteroatoms. The molecule has 1 aromatic carbocycles. The van der Waals surface area contributed by atoms with Crippen molar-refractivity contribution < 1.29 is 15.0 Å². The van der Waals surface area contributed by atoms with E-state index in [0.717, 1.165) is 0 Å². The third-order valence-electron chi connectivity index (χ3n) is 2.96. The zero-order valence-corrected chi connectivity index (χ0v) is 10.4. The molecule has 1 amide bonds. The molecule has 19 heavy (non-hydrogen) atoms. The van der Waals surface area contributed by atoms with Gasteiger partial charge in [0.05, 0.1) is 11.9 Å². The van der Waals surface area contributed by atoms with Gasteiger partial charge in [-0.2, -0.15) is 0 Å². The molecular formula is C13H14N2O4. The second-order valence-electron chi connectivity index (χ2n) is 4.27. The Morgan fingerprint density at radius 2 is 1.95 bits per heavy atom. The van der Waals surface area contributed by atoms with Crippen LogP contribution in [0.3, 0.4) is 0 Å². The zero-order valence-electron chi connectivity index (χ0n) is 10.4. The third-order valence-corrected chi connectivity index (χ3v) is 2.96. The smallest absolute Gasteiger partial charge is 0.222 e. The largest absolute Gasteiger partial charge is 0.504 e. The number of carbonyl (C=O) groups excluding carboxylic acids is 1. The van der Waals surface area contributed by atoms with Crippen LogP contribution >= 0.6 is 0 Å². The highest BCUT2D eigenvalue weighted by Gasteiger charge is 2.13. The molecule has 2 rings (SSSR count). The minimum absolute atomic E-state index is 0.156. The molecule has 0 aliphatic heterocycles. The number of amides is 1. The molecule has 0 saturated carbocycles. The first-order valence-electron chi connectivity index (χ1n) is 5.80. The second-order valence-corrected chi connectivity index (χ2v) is 4.27. The molecule has 2 aromatic rings. The molecule has 1 aromatic heterocycles. The summed E-state index contributed by atoms with van der Waals surface area (Å²) in [6, 6.07) is 2.52. The van der Waals surface area contributed by atoms with Gasteiger partial charge in [0.2, 0.25) is 5.91 Å². The summed E-state index contributed by atoms with van der Waals surface area (Å²) < 4.78 is 1.72. The molecule has 1 heterocycles. The van der Waals surface area contributed by atoms with Crippen LogP contribution in [0.4, 0.5) is 0 Å². The number of aromatic nitrogens is 1. The standard InChI is InChI=1S/C13H14N2O4/c1-2-15-6-7(3-12(14)18)13(19)8-4-10(16)11(17)5-9(8)15/h4-6,16-17H,2-3H2,1H3,(H2,14,18). The predicted molar refractivity (Wildman–Crippen MR) is 70.1 cm³/mol. The average molecular weight is 262 g/mol. The van der Waals surface area contributed by atoms with Crippen LogP contribution in [0.1, 0.15) is 12.5 Å². The molecular weight excluding hydrogens is 248 g/mol. The van der Waals surface area contributed by atoms with Crippen molar-refractivity contribution in [2.75, 3.05) is 0 Å². The van der Waals surface area contributed by atoms with Crippen molar-refractivity contribution in [3.63, 3.8) is 0 Å². The molecule has 0 aliphatic rings. The summed E-state index contributed by atoms with van der Waals surface area (Å²) in [5.74, 6) is -1.26. The van der Waals surface area contributed by atoms with Gasteiger partial charge < -0.3 is 20.5 Å². The summed E-state index contributed by atoms with van der Waals surface area (Å²) in [6.45, 7) is 2.41. The van der Waals surface area contributed by atoms with Crippen molar-refractivity contribution in [1.29, 1.82) is 0 Å². The van der Waals surface area contributed by atoms with Crippen molar-refractivity contribution in [2.24, 2.45) is 5.73 Å². The molecule has 0 aliphatic carbocycles. The highest BCUT2D eigenvalue weighted by molar-refractivity contribution is 5.85. The van der Waals surface area contributed by atoms with E-state index in [-0.39, 0.29) is 34.3 Å². The minimum Gasteiger partial charge on any atom is -0.504 e. The monoisotopic (exact) mass is 262 g/mol. The lowest BCUT2D eigenvalue weighted by Gasteiger charge is -2.12. The van der Waals surface area contributed by atoms with Crippen LogP contribution in [-0.2, 0) is 17.8 Å². The van der Waals surface area contributed by atoms with Gasteiger partial charge in [-0.3, -0.25) is 9.59 Å². The maximum Gasteiger partial charge on any atom is 0.222 e. The number of fused-ring (bicyclic) bond motifs is 1. The highest BCUT2D eigenvalue weighted by Crippen LogP contribution is 2.28. The fourth-order valence-electron chi connectivity index (χ4n) is 2.05. The van der Waals surface area contributed by atoms with Crippen LogP contribution in [0.25, 0.3) is 10.9 Å². The molecule has 0 radical (unpaired) electrons. The van der Waals surface area contributed by atoms with Gasteiger partial charge >= 0.3 is 0 Å². The van der Waals surface area contributed by atoms with Crippen LogP contribution in [0.5, 0.6) is 11.5 Å². The Kier molecular flexibility index (Phi) is 3.16. The highest BCUT2D eigenvalue weighted by atomic mass is 16.3. The summed E-state index contributed by atoms with van der Waals surface area (Å²) in [7, 11) is 0. The van der Waals surface area contributed by atoms with Crippen molar-refractivity contribution in [2.45, 2.75) is 19.9 Å². The normalized spacial score (nSPS) is 10.8. The van der Waals surface area contributed by atoms with Crippen molar-refractivity contribution >= 4 is 16.8 Å². The Morgan fingerprint density at radius 1 is 1.32 bits per heavy atom. The molecule has 4 N–H and O–H groups in total. The van der Waals surface area contributed by atoms with Gasteiger partial charge in [0, 0.05) is 29.8 Å². The fourth-order valence-corrected chi connectivity index (χ4v) is 2.05. The lowest BCUT2D eigenvalue weighted by atomic mass is 10.1. The number of phenols is 2. The van der Waals surface area contributed by atoms with Gasteiger partial charge in [0.1, 0.15) is 0 Å². The zero-order chi connectivity index (χ0) is 14.2. The molecule has 0 unspecified atom stereocenters. The first-order chi connectivity index (χ1) is 8.93. The van der Waals surface area contributed by atoms with E-state index in [4.69, 9.17) is 5.73 Å². The van der Waals surface area contributed by atoms with Crippen LogP contribution in [0.15, 0.2) is 23.1 Å². The maximum atomic E-state index is 12.2. The topological polar surface area (TPSA) is 106 Å². The van der Waals surface area contributed by atoms with E-state index in [0.29, 0.717) is 12.1 Å². The first-order valence-corrected chi connectivity index (χ1v) is 5.80. The number of nitrogens with zero attached hydrogens (tertiary/aromatic N) is 1. The van der Waals surface area contributed by atoms with Crippen molar-refractivity contribution in [3.8, 4) is 11.5 Å². The molecule has 0 fully saturated rings. The van der Waals surface area contributed by atoms with Gasteiger partial charge in [-0.05, 0) is 13.0 Å². The van der Waals surface area contributed by atoms with E-state index >= 15 is 0 Å². The molecule has 0 atom stereocenters. The lowest BCUT2D eigenvalue weighted by molar-refractivity contribution is -0.117. The summed E-state index contributed by atoms with van der Waals surface area (Å²) >= 11 is 0. The van der Waals surface area contributed by atoms with Crippen molar-refractivity contribution in [3.05, 3.63) is 34.1 Å². The van der Waals surface area contributed by atoms with Gasteiger partial charge in [-0.25, -0.2) is 0 Å². The quantitative estimate of drug-likeness (QED) is 0.699. The van der Waals surface area contributed by atoms with Crippen LogP contribution in [0, 0.1) is 0 Å². The van der Waals surface area contributed by atoms with Gasteiger partial charge in [0.25, 0.3) is 0 Å². The summed E-state index contributed by atoms with van der Waals surface area (Å²) in [5, 5.41) is 19.2. The van der Waals surface area contributed by atoms with Crippen LogP contribution in [-0.4, -0.2) is 20.7 Å². The summed E-state index contributed by atoms with van der Waals surface area (Å²) in [5.41, 5.74) is 5.51. The van der Waals surface area contributed by atoms with E-state index in [1.54, 1.807) is 10.8 Å². The Labute approximate surface area is 108 Å². The Hall–Kier alpha value is -2.50. The van der Waals surface area contributed by atoms with E-state index in [1.165, 1.54) is 12.1 Å². The van der Waals surface area contributed by atoms with Crippen LogP contribution in [0.2, 0.25) is 0 Å². The second kappa shape index (κ2) is 4.64. The number of aryl methyl sites for hydroxylation is 1. The summed E-state index contributed by atoms with van der Waals surface area (Å²) in [4.78, 5) is 23.1. The maximum absolute atomic E-state index is 12.2. The summed E-state index contributed by atoms with van der Waals surface area (Å²) in [6.07, 6.45) is 1.39.